The number of piperidine rings is 1. The fourth-order valence-electron chi connectivity index (χ4n) is 2.54. The van der Waals surface area contributed by atoms with E-state index in [9.17, 15) is 8.42 Å². The van der Waals surface area contributed by atoms with E-state index < -0.39 is 9.84 Å². The quantitative estimate of drug-likeness (QED) is 0.734. The van der Waals surface area contributed by atoms with Gasteiger partial charge in [0, 0.05) is 6.26 Å². The van der Waals surface area contributed by atoms with Gasteiger partial charge in [0.1, 0.15) is 9.84 Å². The molecule has 0 radical (unpaired) electrons. The van der Waals surface area contributed by atoms with Gasteiger partial charge in [0.05, 0.1) is 5.75 Å². The summed E-state index contributed by atoms with van der Waals surface area (Å²) in [4.78, 5) is 2.41. The first-order chi connectivity index (χ1) is 8.87. The Morgan fingerprint density at radius 2 is 1.89 bits per heavy atom. The first-order valence-electron chi connectivity index (χ1n) is 7.47. The van der Waals surface area contributed by atoms with Crippen LogP contribution in [0.5, 0.6) is 0 Å². The van der Waals surface area contributed by atoms with Gasteiger partial charge in [0.15, 0.2) is 0 Å². The molecule has 1 saturated heterocycles. The maximum atomic E-state index is 11.1. The Bertz CT molecular complexity index is 333. The molecule has 0 aromatic heterocycles. The van der Waals surface area contributed by atoms with E-state index >= 15 is 0 Å². The normalized spacial score (nSPS) is 19.2. The van der Waals surface area contributed by atoms with Gasteiger partial charge in [-0.05, 0) is 63.8 Å². The molecule has 0 aromatic rings. The molecule has 1 aliphatic heterocycles. The number of hydrogen-bond acceptors (Lipinski definition) is 4. The molecular weight excluding hydrogens is 260 g/mol. The number of nitrogens with zero attached hydrogens (tertiary/aromatic N) is 1. The van der Waals surface area contributed by atoms with Crippen LogP contribution in [0.25, 0.3) is 0 Å². The highest BCUT2D eigenvalue weighted by atomic mass is 32.2. The van der Waals surface area contributed by atoms with Crippen LogP contribution in [-0.4, -0.2) is 58.1 Å². The summed E-state index contributed by atoms with van der Waals surface area (Å²) in [5.74, 6) is 1.84. The number of likely N-dealkylation sites (tertiary alicyclic amines) is 1. The zero-order chi connectivity index (χ0) is 14.3. The summed E-state index contributed by atoms with van der Waals surface area (Å²) >= 11 is 0. The lowest BCUT2D eigenvalue weighted by Crippen LogP contribution is -2.38. The summed E-state index contributed by atoms with van der Waals surface area (Å²) in [6.07, 6.45) is 4.57. The number of hydrogen-bond donors (Lipinski definition) is 1. The molecule has 5 heteroatoms. The number of sulfone groups is 1. The van der Waals surface area contributed by atoms with Gasteiger partial charge in [-0.25, -0.2) is 8.42 Å². The third-order valence-corrected chi connectivity index (χ3v) is 4.71. The fourth-order valence-corrected chi connectivity index (χ4v) is 3.19. The minimum absolute atomic E-state index is 0.322. The first-order valence-corrected chi connectivity index (χ1v) is 9.53. The average molecular weight is 290 g/mol. The summed E-state index contributed by atoms with van der Waals surface area (Å²) in [7, 11) is -2.79. The summed E-state index contributed by atoms with van der Waals surface area (Å²) in [5.41, 5.74) is 0. The Morgan fingerprint density at radius 3 is 2.42 bits per heavy atom. The zero-order valence-corrected chi connectivity index (χ0v) is 13.5. The fraction of sp³-hybridized carbons (Fsp3) is 1.00. The molecule has 0 saturated carbocycles. The summed E-state index contributed by atoms with van der Waals surface area (Å²) in [5, 5.41) is 3.53. The van der Waals surface area contributed by atoms with Crippen LogP contribution in [0.1, 0.15) is 33.1 Å². The van der Waals surface area contributed by atoms with Gasteiger partial charge in [0.25, 0.3) is 0 Å². The van der Waals surface area contributed by atoms with Crippen molar-refractivity contribution in [1.82, 2.24) is 10.2 Å². The molecule has 1 aliphatic rings. The molecule has 0 spiro atoms. The first kappa shape index (κ1) is 16.9. The standard InChI is InChI=1S/C14H30N2O2S/c1-13(2)11-15-12-14-5-8-16(9-6-14)7-4-10-19(3,17)18/h13-15H,4-12H2,1-3H3. The Hall–Kier alpha value is -0.130. The van der Waals surface area contributed by atoms with Crippen molar-refractivity contribution in [3.63, 3.8) is 0 Å². The van der Waals surface area contributed by atoms with Crippen LogP contribution in [0.15, 0.2) is 0 Å². The second kappa shape index (κ2) is 8.22. The van der Waals surface area contributed by atoms with Crippen LogP contribution in [0.3, 0.4) is 0 Å². The van der Waals surface area contributed by atoms with Crippen molar-refractivity contribution >= 4 is 9.84 Å². The highest BCUT2D eigenvalue weighted by molar-refractivity contribution is 7.90. The minimum atomic E-state index is -2.79. The summed E-state index contributed by atoms with van der Waals surface area (Å²) < 4.78 is 22.1. The van der Waals surface area contributed by atoms with Gasteiger partial charge in [-0.1, -0.05) is 13.8 Å². The number of nitrogens with one attached hydrogen (secondary N) is 1. The van der Waals surface area contributed by atoms with Gasteiger partial charge < -0.3 is 10.2 Å². The van der Waals surface area contributed by atoms with E-state index in [1.807, 2.05) is 0 Å². The highest BCUT2D eigenvalue weighted by Gasteiger charge is 2.18. The van der Waals surface area contributed by atoms with Gasteiger partial charge in [-0.2, -0.15) is 0 Å². The summed E-state index contributed by atoms with van der Waals surface area (Å²) in [6.45, 7) is 9.88. The molecule has 0 amide bonds. The average Bonchev–Trinajstić information content (AvgIpc) is 2.29. The molecular formula is C14H30N2O2S. The van der Waals surface area contributed by atoms with Gasteiger partial charge in [-0.15, -0.1) is 0 Å². The molecule has 1 heterocycles. The van der Waals surface area contributed by atoms with E-state index in [0.717, 1.165) is 51.0 Å². The highest BCUT2D eigenvalue weighted by Crippen LogP contribution is 2.16. The third kappa shape index (κ3) is 8.60. The predicted molar refractivity (Wildman–Crippen MR) is 81.2 cm³/mol. The van der Waals surface area contributed by atoms with Crippen molar-refractivity contribution in [2.75, 3.05) is 44.7 Å². The van der Waals surface area contributed by atoms with E-state index in [1.54, 1.807) is 0 Å². The molecule has 1 N–H and O–H groups in total. The predicted octanol–water partition coefficient (Wildman–Crippen LogP) is 1.38. The van der Waals surface area contributed by atoms with E-state index in [-0.39, 0.29) is 0 Å². The number of rotatable bonds is 8. The molecule has 4 nitrogen and oxygen atoms in total. The van der Waals surface area contributed by atoms with E-state index in [4.69, 9.17) is 0 Å². The Labute approximate surface area is 118 Å². The van der Waals surface area contributed by atoms with E-state index in [1.165, 1.54) is 19.1 Å². The zero-order valence-electron chi connectivity index (χ0n) is 12.7. The van der Waals surface area contributed by atoms with Crippen LogP contribution in [0.2, 0.25) is 0 Å². The SMILES string of the molecule is CC(C)CNCC1CCN(CCCS(C)(=O)=O)CC1. The van der Waals surface area contributed by atoms with Crippen molar-refractivity contribution in [3.8, 4) is 0 Å². The van der Waals surface area contributed by atoms with Crippen LogP contribution in [-0.2, 0) is 9.84 Å². The van der Waals surface area contributed by atoms with Crippen LogP contribution < -0.4 is 5.32 Å². The van der Waals surface area contributed by atoms with Crippen molar-refractivity contribution in [2.24, 2.45) is 11.8 Å². The Balaban J connectivity index is 2.08. The largest absolute Gasteiger partial charge is 0.316 e. The van der Waals surface area contributed by atoms with Crippen LogP contribution in [0, 0.1) is 11.8 Å². The van der Waals surface area contributed by atoms with E-state index in [0.29, 0.717) is 5.75 Å². The Morgan fingerprint density at radius 1 is 1.26 bits per heavy atom. The maximum Gasteiger partial charge on any atom is 0.147 e. The second-order valence-electron chi connectivity index (χ2n) is 6.32. The Kier molecular flexibility index (Phi) is 7.32. The second-order valence-corrected chi connectivity index (χ2v) is 8.58. The smallest absolute Gasteiger partial charge is 0.147 e. The molecule has 1 rings (SSSR count). The lowest BCUT2D eigenvalue weighted by Gasteiger charge is -2.32. The van der Waals surface area contributed by atoms with Gasteiger partial charge >= 0.3 is 0 Å². The van der Waals surface area contributed by atoms with Crippen molar-refractivity contribution < 1.29 is 8.42 Å². The molecule has 0 aromatic carbocycles. The molecule has 114 valence electrons. The lowest BCUT2D eigenvalue weighted by molar-refractivity contribution is 0.182. The topological polar surface area (TPSA) is 49.4 Å². The van der Waals surface area contributed by atoms with Gasteiger partial charge in [0.2, 0.25) is 0 Å². The van der Waals surface area contributed by atoms with Gasteiger partial charge in [-0.3, -0.25) is 0 Å². The summed E-state index contributed by atoms with van der Waals surface area (Å²) in [6, 6.07) is 0. The molecule has 0 atom stereocenters. The van der Waals surface area contributed by atoms with E-state index in [2.05, 4.69) is 24.1 Å². The lowest BCUT2D eigenvalue weighted by atomic mass is 9.96. The van der Waals surface area contributed by atoms with Crippen molar-refractivity contribution in [3.05, 3.63) is 0 Å². The molecule has 1 fully saturated rings. The minimum Gasteiger partial charge on any atom is -0.316 e. The maximum absolute atomic E-state index is 11.1. The molecule has 0 bridgehead atoms. The van der Waals surface area contributed by atoms with Crippen molar-refractivity contribution in [2.45, 2.75) is 33.1 Å². The molecule has 0 unspecified atom stereocenters. The third-order valence-electron chi connectivity index (χ3n) is 3.68. The van der Waals surface area contributed by atoms with Crippen LogP contribution >= 0.6 is 0 Å². The monoisotopic (exact) mass is 290 g/mol. The van der Waals surface area contributed by atoms with Crippen molar-refractivity contribution in [1.29, 1.82) is 0 Å². The molecule has 0 aliphatic carbocycles. The van der Waals surface area contributed by atoms with Crippen LogP contribution in [0.4, 0.5) is 0 Å². The molecule has 19 heavy (non-hydrogen) atoms.